The van der Waals surface area contributed by atoms with Gasteiger partial charge in [0, 0.05) is 87.7 Å². The number of carbonyl (C=O) groups is 4. The second-order valence-corrected chi connectivity index (χ2v) is 33.5. The number of unbranched alkanes of at least 4 members (excludes halogenated alkanes) is 8. The van der Waals surface area contributed by atoms with Gasteiger partial charge in [0.15, 0.2) is 11.4 Å². The van der Waals surface area contributed by atoms with Gasteiger partial charge in [0.25, 0.3) is 34.7 Å². The molecule has 8 atom stereocenters. The normalized spacial score (nSPS) is 13.8. The minimum absolute atomic E-state index is 0.0126. The third kappa shape index (κ3) is 30.1. The summed E-state index contributed by atoms with van der Waals surface area (Å²) >= 11 is 0. The fraction of sp³-hybridized carbons (Fsp3) is 0.708. The quantitative estimate of drug-likeness (QED) is 0.0395. The lowest BCUT2D eigenvalue weighted by atomic mass is 9.94. The van der Waals surface area contributed by atoms with E-state index in [2.05, 4.69) is 121 Å². The Morgan fingerprint density at radius 3 is 0.767 bits per heavy atom. The highest BCUT2D eigenvalue weighted by molar-refractivity contribution is 6.04. The summed E-state index contributed by atoms with van der Waals surface area (Å²) in [6.07, 6.45) is 31.3. The highest BCUT2D eigenvalue weighted by atomic mass is 16.3. The average molecular weight is 1600 g/mol. The van der Waals surface area contributed by atoms with Crippen molar-refractivity contribution in [3.05, 3.63) is 102 Å². The summed E-state index contributed by atoms with van der Waals surface area (Å²) in [6.45, 7) is 40.9. The van der Waals surface area contributed by atoms with Crippen LogP contribution in [0.3, 0.4) is 0 Å². The number of nitrogens with zero attached hydrogens (tertiary/aromatic N) is 12. The molecule has 0 spiro atoms. The van der Waals surface area contributed by atoms with Crippen LogP contribution in [0.4, 0.5) is 22.7 Å². The molecule has 4 amide bonds. The van der Waals surface area contributed by atoms with Gasteiger partial charge in [-0.3, -0.25) is 37.9 Å². The largest absolute Gasteiger partial charge is 0.493 e. The molecule has 8 unspecified atom stereocenters. The fourth-order valence-corrected chi connectivity index (χ4v) is 16.3. The van der Waals surface area contributed by atoms with E-state index in [9.17, 15) is 30.3 Å². The molecule has 20 heteroatoms. The molecule has 116 heavy (non-hydrogen) atoms. The van der Waals surface area contributed by atoms with E-state index in [-0.39, 0.29) is 116 Å². The number of azo groups is 2. The van der Waals surface area contributed by atoms with Gasteiger partial charge in [-0.25, -0.2) is 0 Å². The minimum atomic E-state index is -0.937. The Hall–Kier alpha value is -8.00. The minimum Gasteiger partial charge on any atom is -0.493 e. The predicted molar refractivity (Wildman–Crippen MR) is 475 cm³/mol. The number of hydrogen-bond acceptors (Lipinski definition) is 14. The van der Waals surface area contributed by atoms with Gasteiger partial charge in [-0.2, -0.15) is 10.5 Å². The number of benzene rings is 2. The molecule has 0 saturated carbocycles. The Morgan fingerprint density at radius 1 is 0.353 bits per heavy atom. The number of amides is 4. The molecular weight excluding hydrogens is 1450 g/mol. The molecule has 2 aromatic heterocycles. The van der Waals surface area contributed by atoms with Crippen molar-refractivity contribution in [2.45, 2.75) is 343 Å². The molecule has 2 N–H and O–H groups in total. The molecule has 2 heterocycles. The molecule has 4 rings (SSSR count). The van der Waals surface area contributed by atoms with Gasteiger partial charge < -0.3 is 29.8 Å². The standard InChI is InChI=1S/C96H154N12O8/c1-19-35-43-71(27-9)61-103(62-72(28-10)44-36-20-2)89(109)79-51-53-85(81(57-79)91(111)105(65-75(31-13)47-39-23-5)66-76(32-14)48-40-24-6)99-101-87-69(17)83(59-97)93(113)107(95(87)115)55-56-108-94(114)84(60-98)70(18)88(96(108)116)102-100-86-54-52-80(90(110)104(63-73(29-11)45-37-21-3)64-74(30-12)46-38-22-4)58-82(86)92(112)106(67-77(33-15)49-41-25-7)68-78(34-16)50-42-26-8/h51-54,57-58,71-78,115-116H,19-50,55-56,61-68H2,1-18H3/b101-99+,102-100+. The van der Waals surface area contributed by atoms with Gasteiger partial charge in [-0.1, -0.05) is 265 Å². The summed E-state index contributed by atoms with van der Waals surface area (Å²) in [4.78, 5) is 99.6. The first-order valence-corrected chi connectivity index (χ1v) is 46.0. The topological polar surface area (TPSA) is 263 Å². The number of aromatic hydroxyl groups is 2. The number of pyridine rings is 2. The molecule has 4 aromatic rings. The lowest BCUT2D eigenvalue weighted by Gasteiger charge is -2.32. The molecule has 2 aromatic carbocycles. The van der Waals surface area contributed by atoms with Crippen molar-refractivity contribution in [2.24, 2.45) is 67.8 Å². The van der Waals surface area contributed by atoms with Crippen LogP contribution in [0, 0.1) is 83.9 Å². The smallest absolute Gasteiger partial charge is 0.271 e. The maximum absolute atomic E-state index is 15.9. The lowest BCUT2D eigenvalue weighted by Crippen LogP contribution is -2.40. The van der Waals surface area contributed by atoms with E-state index >= 15 is 19.2 Å². The van der Waals surface area contributed by atoms with E-state index in [1.165, 1.54) is 13.8 Å². The van der Waals surface area contributed by atoms with E-state index < -0.39 is 47.1 Å². The van der Waals surface area contributed by atoms with E-state index in [1.807, 2.05) is 31.7 Å². The van der Waals surface area contributed by atoms with E-state index in [4.69, 9.17) is 10.2 Å². The average Bonchev–Trinajstić information content (AvgIpc) is 0.779. The zero-order chi connectivity index (χ0) is 85.8. The maximum atomic E-state index is 15.9. The van der Waals surface area contributed by atoms with Crippen molar-refractivity contribution >= 4 is 46.4 Å². The van der Waals surface area contributed by atoms with E-state index in [0.29, 0.717) is 63.5 Å². The number of aromatic nitrogens is 2. The third-order valence-corrected chi connectivity index (χ3v) is 24.9. The molecule has 0 radical (unpaired) electrons. The van der Waals surface area contributed by atoms with Gasteiger partial charge in [0.05, 0.1) is 22.5 Å². The molecule has 646 valence electrons. The Kier molecular flexibility index (Phi) is 47.5. The second kappa shape index (κ2) is 54.9. The first-order valence-electron chi connectivity index (χ1n) is 46.0. The van der Waals surface area contributed by atoms with Crippen LogP contribution in [0.1, 0.15) is 380 Å². The molecule has 0 saturated heterocycles. The number of nitriles is 2. The fourth-order valence-electron chi connectivity index (χ4n) is 16.3. The van der Waals surface area contributed by atoms with E-state index in [0.717, 1.165) is 215 Å². The monoisotopic (exact) mass is 1600 g/mol. The zero-order valence-corrected chi connectivity index (χ0v) is 75.5. The van der Waals surface area contributed by atoms with Crippen LogP contribution in [0.5, 0.6) is 11.8 Å². The van der Waals surface area contributed by atoms with Gasteiger partial charge in [0.1, 0.15) is 23.3 Å². The van der Waals surface area contributed by atoms with Crippen LogP contribution < -0.4 is 11.1 Å². The first-order chi connectivity index (χ1) is 55.9. The van der Waals surface area contributed by atoms with Crippen LogP contribution in [0.15, 0.2) is 66.4 Å². The van der Waals surface area contributed by atoms with Crippen molar-refractivity contribution in [1.29, 1.82) is 10.5 Å². The molecule has 0 aliphatic carbocycles. The van der Waals surface area contributed by atoms with Crippen molar-refractivity contribution in [1.82, 2.24) is 28.7 Å². The van der Waals surface area contributed by atoms with Crippen LogP contribution >= 0.6 is 0 Å². The summed E-state index contributed by atoms with van der Waals surface area (Å²) < 4.78 is 1.70. The predicted octanol–water partition coefficient (Wildman–Crippen LogP) is 24.8. The van der Waals surface area contributed by atoms with Crippen molar-refractivity contribution in [3.8, 4) is 23.9 Å². The summed E-state index contributed by atoms with van der Waals surface area (Å²) in [6, 6.07) is 13.9. The maximum Gasteiger partial charge on any atom is 0.271 e. The Bertz CT molecular complexity index is 3600. The summed E-state index contributed by atoms with van der Waals surface area (Å²) in [5.74, 6) is -0.465. The molecule has 0 fully saturated rings. The number of hydrogen-bond donors (Lipinski definition) is 2. The van der Waals surface area contributed by atoms with Gasteiger partial charge in [-0.15, -0.1) is 20.5 Å². The van der Waals surface area contributed by atoms with Gasteiger partial charge >= 0.3 is 0 Å². The number of rotatable bonds is 59. The second-order valence-electron chi connectivity index (χ2n) is 33.5. The van der Waals surface area contributed by atoms with Gasteiger partial charge in [-0.05, 0) is 149 Å². The molecule has 0 bridgehead atoms. The van der Waals surface area contributed by atoms with Crippen LogP contribution in [-0.2, 0) is 13.1 Å². The lowest BCUT2D eigenvalue weighted by molar-refractivity contribution is 0.0669. The van der Waals surface area contributed by atoms with Crippen molar-refractivity contribution in [2.75, 3.05) is 52.4 Å². The molecule has 0 aliphatic heterocycles. The Balaban J connectivity index is 2.06. The van der Waals surface area contributed by atoms with Crippen molar-refractivity contribution < 1.29 is 29.4 Å². The zero-order valence-electron chi connectivity index (χ0n) is 75.5. The summed E-state index contributed by atoms with van der Waals surface area (Å²) in [7, 11) is 0. The molecule has 0 aliphatic rings. The molecular formula is C96H154N12O8. The Morgan fingerprint density at radius 2 is 0.569 bits per heavy atom. The summed E-state index contributed by atoms with van der Waals surface area (Å²) in [5, 5.41) is 65.1. The highest BCUT2D eigenvalue weighted by Crippen LogP contribution is 2.38. The van der Waals surface area contributed by atoms with Crippen LogP contribution in [0.2, 0.25) is 0 Å². The van der Waals surface area contributed by atoms with Crippen LogP contribution in [0.25, 0.3) is 0 Å². The van der Waals surface area contributed by atoms with Crippen molar-refractivity contribution in [3.63, 3.8) is 0 Å². The van der Waals surface area contributed by atoms with Crippen LogP contribution in [-0.4, -0.2) is 115 Å². The third-order valence-electron chi connectivity index (χ3n) is 24.9. The van der Waals surface area contributed by atoms with Gasteiger partial charge in [0.2, 0.25) is 11.8 Å². The molecule has 20 nitrogen and oxygen atoms in total. The first kappa shape index (κ1) is 100. The van der Waals surface area contributed by atoms with E-state index in [1.54, 1.807) is 36.4 Å². The SMILES string of the molecule is CCCCC(CC)CN(CC(CC)CCCC)C(=O)c1ccc(/N=N/c2c(C)c(C#N)c(=O)n(CCn3c(O)c(/N=N/c4ccc(C(=O)N(CC(CC)CCCC)CC(CC)CCCC)cc4C(=O)N(CC(CC)CCCC)CC(CC)CCCC)c(C)c(C#N)c3=O)c2O)c(C(=O)N(CC(CC)CCCC)CC(CC)CCCC)c1. The number of carbonyl (C=O) groups excluding carboxylic acids is 4. The summed E-state index contributed by atoms with van der Waals surface area (Å²) in [5.41, 5.74) is -2.06. The Labute approximate surface area is 700 Å². The highest BCUT2D eigenvalue weighted by Gasteiger charge is 2.33.